The number of benzene rings is 1. The molecule has 9 heteroatoms. The molecule has 7 nitrogen and oxygen atoms in total. The van der Waals surface area contributed by atoms with Crippen molar-refractivity contribution in [3.8, 4) is 17.1 Å². The molecule has 0 aliphatic heterocycles. The number of halogens is 1. The second kappa shape index (κ2) is 4.59. The van der Waals surface area contributed by atoms with Crippen molar-refractivity contribution in [2.24, 2.45) is 12.2 Å². The van der Waals surface area contributed by atoms with Gasteiger partial charge in [-0.05, 0) is 18.2 Å². The lowest BCUT2D eigenvalue weighted by Crippen LogP contribution is -2.17. The number of nitrogens with zero attached hydrogens (tertiary/aromatic N) is 3. The van der Waals surface area contributed by atoms with Crippen LogP contribution in [0.4, 0.5) is 4.39 Å². The van der Waals surface area contributed by atoms with Gasteiger partial charge < -0.3 is 4.74 Å². The number of nitrogens with two attached hydrogens (primary N) is 1. The molecule has 0 bridgehead atoms. The van der Waals surface area contributed by atoms with Crippen molar-refractivity contribution < 1.29 is 17.5 Å². The summed E-state index contributed by atoms with van der Waals surface area (Å²) in [4.78, 5) is 0. The SMILES string of the molecule is COc1cc(-c2nnc(S(N)(=O)=O)n2C)ccc1F. The maximum atomic E-state index is 13.3. The molecule has 19 heavy (non-hydrogen) atoms. The number of hydrogen-bond acceptors (Lipinski definition) is 5. The molecule has 0 aliphatic carbocycles. The molecule has 0 aliphatic rings. The van der Waals surface area contributed by atoms with Crippen molar-refractivity contribution in [3.63, 3.8) is 0 Å². The van der Waals surface area contributed by atoms with Gasteiger partial charge in [0, 0.05) is 12.6 Å². The minimum atomic E-state index is -3.96. The van der Waals surface area contributed by atoms with E-state index < -0.39 is 15.8 Å². The maximum Gasteiger partial charge on any atom is 0.273 e. The second-order valence-electron chi connectivity index (χ2n) is 3.76. The summed E-state index contributed by atoms with van der Waals surface area (Å²) in [5.41, 5.74) is 0.461. The van der Waals surface area contributed by atoms with E-state index in [0.29, 0.717) is 5.56 Å². The van der Waals surface area contributed by atoms with Crippen LogP contribution in [0.1, 0.15) is 0 Å². The standard InChI is InChI=1S/C10H11FN4O3S/c1-15-9(13-14-10(15)19(12,16)17)6-3-4-7(11)8(5-6)18-2/h3-5H,1-2H3,(H2,12,16,17). The Morgan fingerprint density at radius 3 is 2.58 bits per heavy atom. The smallest absolute Gasteiger partial charge is 0.273 e. The average molecular weight is 286 g/mol. The van der Waals surface area contributed by atoms with Gasteiger partial charge in [-0.25, -0.2) is 17.9 Å². The first kappa shape index (κ1) is 13.4. The van der Waals surface area contributed by atoms with Crippen molar-refractivity contribution in [1.82, 2.24) is 14.8 Å². The molecule has 0 saturated carbocycles. The Kier molecular flexibility index (Phi) is 3.25. The summed E-state index contributed by atoms with van der Waals surface area (Å²) >= 11 is 0. The van der Waals surface area contributed by atoms with Crippen molar-refractivity contribution >= 4 is 10.0 Å². The second-order valence-corrected chi connectivity index (χ2v) is 5.21. The molecule has 0 spiro atoms. The molecule has 0 saturated heterocycles. The lowest BCUT2D eigenvalue weighted by Gasteiger charge is -2.05. The van der Waals surface area contributed by atoms with Crippen LogP contribution in [0.15, 0.2) is 23.4 Å². The van der Waals surface area contributed by atoms with Crippen LogP contribution in [0.3, 0.4) is 0 Å². The predicted molar refractivity (Wildman–Crippen MR) is 64.3 cm³/mol. The van der Waals surface area contributed by atoms with Gasteiger partial charge in [0.25, 0.3) is 15.2 Å². The average Bonchev–Trinajstić information content (AvgIpc) is 2.71. The Hall–Kier alpha value is -2.00. The largest absolute Gasteiger partial charge is 0.494 e. The minimum Gasteiger partial charge on any atom is -0.494 e. The monoisotopic (exact) mass is 286 g/mol. The van der Waals surface area contributed by atoms with Gasteiger partial charge in [-0.1, -0.05) is 0 Å². The van der Waals surface area contributed by atoms with E-state index >= 15 is 0 Å². The zero-order valence-electron chi connectivity index (χ0n) is 10.2. The summed E-state index contributed by atoms with van der Waals surface area (Å²) in [6, 6.07) is 4.03. The third kappa shape index (κ3) is 2.42. The molecule has 2 rings (SSSR count). The van der Waals surface area contributed by atoms with E-state index in [1.165, 1.54) is 36.9 Å². The highest BCUT2D eigenvalue weighted by Gasteiger charge is 2.20. The van der Waals surface area contributed by atoms with E-state index in [2.05, 4.69) is 10.2 Å². The molecule has 102 valence electrons. The lowest BCUT2D eigenvalue weighted by molar-refractivity contribution is 0.386. The number of ether oxygens (including phenoxy) is 1. The maximum absolute atomic E-state index is 13.3. The van der Waals surface area contributed by atoms with Gasteiger partial charge in [0.05, 0.1) is 7.11 Å². The first-order valence-corrected chi connectivity index (χ1v) is 6.65. The van der Waals surface area contributed by atoms with Crippen molar-refractivity contribution in [2.75, 3.05) is 7.11 Å². The summed E-state index contributed by atoms with van der Waals surface area (Å²) < 4.78 is 41.8. The fourth-order valence-electron chi connectivity index (χ4n) is 1.61. The number of aromatic nitrogens is 3. The van der Waals surface area contributed by atoms with Crippen molar-refractivity contribution in [3.05, 3.63) is 24.0 Å². The molecule has 0 amide bonds. The van der Waals surface area contributed by atoms with Gasteiger partial charge >= 0.3 is 0 Å². The molecule has 2 N–H and O–H groups in total. The van der Waals surface area contributed by atoms with Gasteiger partial charge in [-0.15, -0.1) is 10.2 Å². The van der Waals surface area contributed by atoms with Gasteiger partial charge in [-0.3, -0.25) is 4.57 Å². The van der Waals surface area contributed by atoms with Crippen LogP contribution in [0.25, 0.3) is 11.4 Å². The predicted octanol–water partition coefficient (Wildman–Crippen LogP) is 0.277. The molecule has 0 unspecified atom stereocenters. The third-order valence-corrected chi connectivity index (χ3v) is 3.36. The molecule has 0 atom stereocenters. The van der Waals surface area contributed by atoms with Gasteiger partial charge in [0.15, 0.2) is 17.4 Å². The molecule has 0 fully saturated rings. The van der Waals surface area contributed by atoms with Crippen molar-refractivity contribution in [1.29, 1.82) is 0 Å². The summed E-state index contributed by atoms with van der Waals surface area (Å²) in [7, 11) is -1.18. The summed E-state index contributed by atoms with van der Waals surface area (Å²) in [6.45, 7) is 0. The number of methoxy groups -OCH3 is 1. The van der Waals surface area contributed by atoms with Crippen LogP contribution < -0.4 is 9.88 Å². The molecule has 1 heterocycles. The zero-order valence-corrected chi connectivity index (χ0v) is 11.0. The number of primary sulfonamides is 1. The third-order valence-electron chi connectivity index (χ3n) is 2.50. The van der Waals surface area contributed by atoms with Crippen LogP contribution in [0.2, 0.25) is 0 Å². The Labute approximate surface area is 108 Å². The number of sulfonamides is 1. The number of rotatable bonds is 3. The lowest BCUT2D eigenvalue weighted by atomic mass is 10.2. The van der Waals surface area contributed by atoms with Crippen LogP contribution in [0.5, 0.6) is 5.75 Å². The van der Waals surface area contributed by atoms with E-state index in [0.717, 1.165) is 0 Å². The van der Waals surface area contributed by atoms with Gasteiger partial charge in [0.2, 0.25) is 0 Å². The fourth-order valence-corrected chi connectivity index (χ4v) is 2.24. The quantitative estimate of drug-likeness (QED) is 0.873. The normalized spacial score (nSPS) is 11.6. The minimum absolute atomic E-state index is 0.0256. The van der Waals surface area contributed by atoms with Crippen molar-refractivity contribution in [2.45, 2.75) is 5.16 Å². The van der Waals surface area contributed by atoms with E-state index in [1.807, 2.05) is 0 Å². The van der Waals surface area contributed by atoms with Crippen LogP contribution >= 0.6 is 0 Å². The zero-order chi connectivity index (χ0) is 14.2. The molecule has 2 aromatic rings. The van der Waals surface area contributed by atoms with Crippen LogP contribution in [-0.4, -0.2) is 30.3 Å². The summed E-state index contributed by atoms with van der Waals surface area (Å²) in [6.07, 6.45) is 0. The Morgan fingerprint density at radius 1 is 1.37 bits per heavy atom. The Morgan fingerprint density at radius 2 is 2.05 bits per heavy atom. The molecular formula is C10H11FN4O3S. The molecule has 0 radical (unpaired) electrons. The van der Waals surface area contributed by atoms with Crippen LogP contribution in [0, 0.1) is 5.82 Å². The Bertz CT molecular complexity index is 726. The Balaban J connectivity index is 2.58. The first-order valence-electron chi connectivity index (χ1n) is 5.10. The molecule has 1 aromatic carbocycles. The van der Waals surface area contributed by atoms with Gasteiger partial charge in [-0.2, -0.15) is 0 Å². The first-order chi connectivity index (χ1) is 8.84. The summed E-state index contributed by atoms with van der Waals surface area (Å²) in [5, 5.41) is 11.9. The molecule has 1 aromatic heterocycles. The van der Waals surface area contributed by atoms with E-state index in [9.17, 15) is 12.8 Å². The van der Waals surface area contributed by atoms with E-state index in [4.69, 9.17) is 9.88 Å². The fraction of sp³-hybridized carbons (Fsp3) is 0.200. The topological polar surface area (TPSA) is 100 Å². The van der Waals surface area contributed by atoms with Gasteiger partial charge in [0.1, 0.15) is 0 Å². The van der Waals surface area contributed by atoms with E-state index in [1.54, 1.807) is 0 Å². The van der Waals surface area contributed by atoms with E-state index in [-0.39, 0.29) is 16.7 Å². The highest BCUT2D eigenvalue weighted by atomic mass is 32.2. The summed E-state index contributed by atoms with van der Waals surface area (Å²) in [5.74, 6) is -0.264. The highest BCUT2D eigenvalue weighted by molar-refractivity contribution is 7.89. The molecular weight excluding hydrogens is 275 g/mol. The highest BCUT2D eigenvalue weighted by Crippen LogP contribution is 2.25. The number of hydrogen-bond donors (Lipinski definition) is 1. The van der Waals surface area contributed by atoms with Crippen LogP contribution in [-0.2, 0) is 17.1 Å².